The molecule has 1 saturated heterocycles. The molecule has 0 radical (unpaired) electrons. The molecule has 0 atom stereocenters. The van der Waals surface area contributed by atoms with Crippen molar-refractivity contribution in [3.05, 3.63) is 29.3 Å². The lowest BCUT2D eigenvalue weighted by Gasteiger charge is -2.45. The van der Waals surface area contributed by atoms with E-state index in [-0.39, 0.29) is 13.1 Å². The quantitative estimate of drug-likeness (QED) is 0.553. The lowest BCUT2D eigenvalue weighted by molar-refractivity contribution is -0.308. The Balaban J connectivity index is 1.99. The predicted molar refractivity (Wildman–Crippen MR) is 98.6 cm³/mol. The molecule has 1 aromatic carbocycles. The zero-order chi connectivity index (χ0) is 22.9. The van der Waals surface area contributed by atoms with Crippen molar-refractivity contribution >= 4 is 11.8 Å². The van der Waals surface area contributed by atoms with Crippen LogP contribution in [0.2, 0.25) is 0 Å². The maximum Gasteiger partial charge on any atom is 0.434 e. The van der Waals surface area contributed by atoms with Gasteiger partial charge in [-0.3, -0.25) is 4.90 Å². The van der Waals surface area contributed by atoms with Gasteiger partial charge in [-0.15, -0.1) is 0 Å². The molecule has 0 aromatic heterocycles. The first kappa shape index (κ1) is 24.1. The first-order chi connectivity index (χ1) is 13.6. The summed E-state index contributed by atoms with van der Waals surface area (Å²) in [7, 11) is 1.86. The molecule has 2 N–H and O–H groups in total. The third-order valence-electron chi connectivity index (χ3n) is 5.54. The number of nitrogen functional groups attached to an aromatic ring is 1. The standard InChI is InChI=1S/C19H25F6N3O2/c1-12-4-5-13(14(26)10-12)11-27(3)17(2)6-8-28(9-7-17)16(29)30-15(18(20,21)22)19(23,24)25/h4-5,10,15H,6-9,11,26H2,1-3H3. The van der Waals surface area contributed by atoms with Crippen molar-refractivity contribution in [2.75, 3.05) is 25.9 Å². The first-order valence-corrected chi connectivity index (χ1v) is 9.29. The summed E-state index contributed by atoms with van der Waals surface area (Å²) in [4.78, 5) is 14.8. The van der Waals surface area contributed by atoms with E-state index in [2.05, 4.69) is 4.74 Å². The number of rotatable bonds is 4. The molecule has 0 unspecified atom stereocenters. The second-order valence-electron chi connectivity index (χ2n) is 7.89. The van der Waals surface area contributed by atoms with Crippen molar-refractivity contribution in [2.45, 2.75) is 57.2 Å². The van der Waals surface area contributed by atoms with Crippen LogP contribution in [0.15, 0.2) is 18.2 Å². The van der Waals surface area contributed by atoms with Crippen molar-refractivity contribution in [3.8, 4) is 0 Å². The zero-order valence-corrected chi connectivity index (χ0v) is 16.9. The van der Waals surface area contributed by atoms with Crippen molar-refractivity contribution in [1.82, 2.24) is 9.80 Å². The number of ether oxygens (including phenoxy) is 1. The number of amides is 1. The van der Waals surface area contributed by atoms with Gasteiger partial charge in [-0.1, -0.05) is 12.1 Å². The molecule has 11 heteroatoms. The molecule has 0 saturated carbocycles. The second kappa shape index (κ2) is 8.52. The molecule has 1 aliphatic rings. The number of halogens is 6. The number of aryl methyl sites for hydroxylation is 1. The highest BCUT2D eigenvalue weighted by atomic mass is 19.4. The number of likely N-dealkylation sites (tertiary alicyclic amines) is 1. The Labute approximate surface area is 170 Å². The smallest absolute Gasteiger partial charge is 0.426 e. The van der Waals surface area contributed by atoms with Gasteiger partial charge in [-0.05, 0) is 50.9 Å². The Bertz CT molecular complexity index is 744. The molecule has 1 fully saturated rings. The van der Waals surface area contributed by atoms with Gasteiger partial charge in [0, 0.05) is 30.9 Å². The Kier molecular flexibility index (Phi) is 6.85. The molecule has 0 spiro atoms. The molecule has 0 bridgehead atoms. The maximum atomic E-state index is 12.6. The molecule has 1 heterocycles. The third-order valence-corrected chi connectivity index (χ3v) is 5.54. The monoisotopic (exact) mass is 441 g/mol. The summed E-state index contributed by atoms with van der Waals surface area (Å²) >= 11 is 0. The van der Waals surface area contributed by atoms with Crippen molar-refractivity contribution in [3.63, 3.8) is 0 Å². The SMILES string of the molecule is Cc1ccc(CN(C)C2(C)CCN(C(=O)OC(C(F)(F)F)C(F)(F)F)CC2)c(N)c1. The number of hydrogen-bond acceptors (Lipinski definition) is 4. The topological polar surface area (TPSA) is 58.8 Å². The van der Waals surface area contributed by atoms with Gasteiger partial charge in [0.05, 0.1) is 0 Å². The maximum absolute atomic E-state index is 12.6. The van der Waals surface area contributed by atoms with E-state index in [0.29, 0.717) is 25.1 Å². The fourth-order valence-electron chi connectivity index (χ4n) is 3.35. The highest BCUT2D eigenvalue weighted by Gasteiger charge is 2.60. The minimum atomic E-state index is -5.73. The van der Waals surface area contributed by atoms with Gasteiger partial charge in [0.1, 0.15) is 0 Å². The van der Waals surface area contributed by atoms with Gasteiger partial charge < -0.3 is 15.4 Å². The van der Waals surface area contributed by atoms with E-state index in [9.17, 15) is 31.1 Å². The van der Waals surface area contributed by atoms with Gasteiger partial charge in [0.2, 0.25) is 0 Å². The molecule has 1 aromatic rings. The van der Waals surface area contributed by atoms with E-state index in [1.165, 1.54) is 0 Å². The van der Waals surface area contributed by atoms with Crippen molar-refractivity contribution in [2.24, 2.45) is 0 Å². The number of hydrogen-bond donors (Lipinski definition) is 1. The average Bonchev–Trinajstić information content (AvgIpc) is 2.60. The van der Waals surface area contributed by atoms with Crippen LogP contribution in [0.25, 0.3) is 0 Å². The fraction of sp³-hybridized carbons (Fsp3) is 0.632. The molecule has 5 nitrogen and oxygen atoms in total. The third kappa shape index (κ3) is 5.71. The summed E-state index contributed by atoms with van der Waals surface area (Å²) < 4.78 is 79.4. The second-order valence-corrected chi connectivity index (χ2v) is 7.89. The summed E-state index contributed by atoms with van der Waals surface area (Å²) in [5.74, 6) is 0. The van der Waals surface area contributed by atoms with Crippen molar-refractivity contribution < 1.29 is 35.9 Å². The van der Waals surface area contributed by atoms with E-state index in [0.717, 1.165) is 16.0 Å². The number of carbonyl (C=O) groups is 1. The van der Waals surface area contributed by atoms with Gasteiger partial charge in [0.15, 0.2) is 0 Å². The Morgan fingerprint density at radius 2 is 1.73 bits per heavy atom. The normalized spacial score (nSPS) is 17.5. The van der Waals surface area contributed by atoms with E-state index in [1.54, 1.807) is 0 Å². The average molecular weight is 441 g/mol. The highest BCUT2D eigenvalue weighted by Crippen LogP contribution is 2.37. The Morgan fingerprint density at radius 1 is 1.20 bits per heavy atom. The van der Waals surface area contributed by atoms with Crippen LogP contribution in [0.1, 0.15) is 30.9 Å². The molecule has 0 aliphatic carbocycles. The summed E-state index contributed by atoms with van der Waals surface area (Å²) in [6.45, 7) is 4.31. The zero-order valence-electron chi connectivity index (χ0n) is 16.9. The van der Waals surface area contributed by atoms with E-state index >= 15 is 0 Å². The van der Waals surface area contributed by atoms with Crippen LogP contribution in [0.5, 0.6) is 0 Å². The number of carbonyl (C=O) groups excluding carboxylic acids is 1. The summed E-state index contributed by atoms with van der Waals surface area (Å²) in [6.07, 6.45) is -16.5. The van der Waals surface area contributed by atoms with E-state index in [1.807, 2.05) is 44.0 Å². The molecule has 1 aliphatic heterocycles. The number of nitrogens with two attached hydrogens (primary N) is 1. The van der Waals surface area contributed by atoms with Gasteiger partial charge in [-0.2, -0.15) is 26.3 Å². The van der Waals surface area contributed by atoms with Crippen LogP contribution < -0.4 is 5.73 Å². The van der Waals surface area contributed by atoms with Gasteiger partial charge >= 0.3 is 18.4 Å². The molecule has 30 heavy (non-hydrogen) atoms. The van der Waals surface area contributed by atoms with Crippen molar-refractivity contribution in [1.29, 1.82) is 0 Å². The highest BCUT2D eigenvalue weighted by molar-refractivity contribution is 5.68. The number of nitrogens with zero attached hydrogens (tertiary/aromatic N) is 2. The first-order valence-electron chi connectivity index (χ1n) is 9.29. The van der Waals surface area contributed by atoms with Gasteiger partial charge in [0.25, 0.3) is 6.10 Å². The van der Waals surface area contributed by atoms with E-state index in [4.69, 9.17) is 5.73 Å². The molecular weight excluding hydrogens is 416 g/mol. The van der Waals surface area contributed by atoms with E-state index < -0.39 is 30.1 Å². The lowest BCUT2D eigenvalue weighted by Crippen LogP contribution is -2.54. The Hall–Kier alpha value is -2.17. The largest absolute Gasteiger partial charge is 0.434 e. The number of anilines is 1. The van der Waals surface area contributed by atoms with Crippen LogP contribution in [-0.4, -0.2) is 60.0 Å². The van der Waals surface area contributed by atoms with Crippen LogP contribution in [-0.2, 0) is 11.3 Å². The molecule has 170 valence electrons. The van der Waals surface area contributed by atoms with Crippen LogP contribution in [0.4, 0.5) is 36.8 Å². The minimum absolute atomic E-state index is 0.0223. The molecule has 2 rings (SSSR count). The van der Waals surface area contributed by atoms with Gasteiger partial charge in [-0.25, -0.2) is 4.79 Å². The molecular formula is C19H25F6N3O2. The molecule has 1 amide bonds. The summed E-state index contributed by atoms with van der Waals surface area (Å²) in [5, 5.41) is 0. The van der Waals surface area contributed by atoms with Crippen LogP contribution in [0, 0.1) is 6.92 Å². The number of benzene rings is 1. The predicted octanol–water partition coefficient (Wildman–Crippen LogP) is 4.49. The minimum Gasteiger partial charge on any atom is -0.426 e. The lowest BCUT2D eigenvalue weighted by atomic mass is 9.87. The summed E-state index contributed by atoms with van der Waals surface area (Å²) in [5.41, 5.74) is 8.19. The summed E-state index contributed by atoms with van der Waals surface area (Å²) in [6, 6.07) is 5.69. The fourth-order valence-corrected chi connectivity index (χ4v) is 3.35. The van der Waals surface area contributed by atoms with Crippen LogP contribution >= 0.6 is 0 Å². The van der Waals surface area contributed by atoms with Crippen LogP contribution in [0.3, 0.4) is 0 Å². The number of piperidine rings is 1. The number of alkyl halides is 6. The Morgan fingerprint density at radius 3 is 2.20 bits per heavy atom.